The van der Waals surface area contributed by atoms with Crippen LogP contribution in [0.4, 0.5) is 5.69 Å². The lowest BCUT2D eigenvalue weighted by Gasteiger charge is -2.11. The average Bonchev–Trinajstić information content (AvgIpc) is 2.74. The van der Waals surface area contributed by atoms with E-state index in [0.29, 0.717) is 26.7 Å². The van der Waals surface area contributed by atoms with Gasteiger partial charge in [0.05, 0.1) is 17.7 Å². The van der Waals surface area contributed by atoms with E-state index in [1.165, 1.54) is 11.8 Å². The van der Waals surface area contributed by atoms with Crippen LogP contribution in [0, 0.1) is 11.3 Å². The lowest BCUT2D eigenvalue weighted by Crippen LogP contribution is -2.33. The molecule has 2 amide bonds. The van der Waals surface area contributed by atoms with Crippen molar-refractivity contribution in [1.82, 2.24) is 5.32 Å². The van der Waals surface area contributed by atoms with Gasteiger partial charge in [0.1, 0.15) is 6.07 Å². The largest absolute Gasteiger partial charge is 0.343 e. The van der Waals surface area contributed by atoms with Crippen molar-refractivity contribution < 1.29 is 9.59 Å². The molecule has 0 bridgehead atoms. The standard InChI is InChI=1S/C22H16ClN3O2S/c23-16-9-11-17(12-10-16)26-21(27)14-25-22(28)18-6-2-4-8-20(18)29-19-7-3-1-5-15(19)13-24/h1-12H,14H2,(H,25,28)(H,26,27). The van der Waals surface area contributed by atoms with Crippen LogP contribution in [0.25, 0.3) is 0 Å². The summed E-state index contributed by atoms with van der Waals surface area (Å²) in [5.41, 5.74) is 1.57. The molecule has 0 aliphatic rings. The summed E-state index contributed by atoms with van der Waals surface area (Å²) in [6, 6.07) is 23.1. The number of hydrogen-bond donors (Lipinski definition) is 2. The van der Waals surface area contributed by atoms with Gasteiger partial charge in [0.15, 0.2) is 0 Å². The first-order valence-corrected chi connectivity index (χ1v) is 9.86. The summed E-state index contributed by atoms with van der Waals surface area (Å²) < 4.78 is 0. The average molecular weight is 422 g/mol. The van der Waals surface area contributed by atoms with Crippen molar-refractivity contribution in [2.75, 3.05) is 11.9 Å². The Labute approximate surface area is 177 Å². The van der Waals surface area contributed by atoms with Crippen LogP contribution in [0.2, 0.25) is 5.02 Å². The van der Waals surface area contributed by atoms with Gasteiger partial charge < -0.3 is 10.6 Å². The topological polar surface area (TPSA) is 82.0 Å². The first-order valence-electron chi connectivity index (χ1n) is 8.66. The van der Waals surface area contributed by atoms with Crippen molar-refractivity contribution in [3.63, 3.8) is 0 Å². The number of benzene rings is 3. The van der Waals surface area contributed by atoms with Gasteiger partial charge >= 0.3 is 0 Å². The van der Waals surface area contributed by atoms with Crippen LogP contribution >= 0.6 is 23.4 Å². The maximum absolute atomic E-state index is 12.6. The first kappa shape index (κ1) is 20.5. The summed E-state index contributed by atoms with van der Waals surface area (Å²) in [5.74, 6) is -0.713. The maximum Gasteiger partial charge on any atom is 0.252 e. The molecule has 29 heavy (non-hydrogen) atoms. The molecule has 3 aromatic carbocycles. The highest BCUT2D eigenvalue weighted by Gasteiger charge is 2.14. The van der Waals surface area contributed by atoms with Crippen LogP contribution in [0.1, 0.15) is 15.9 Å². The zero-order valence-electron chi connectivity index (χ0n) is 15.2. The van der Waals surface area contributed by atoms with Crippen LogP contribution in [0.3, 0.4) is 0 Å². The van der Waals surface area contributed by atoms with Crippen LogP contribution in [0.5, 0.6) is 0 Å². The number of hydrogen-bond acceptors (Lipinski definition) is 4. The Morgan fingerprint density at radius 3 is 2.31 bits per heavy atom. The van der Waals surface area contributed by atoms with Crippen molar-refractivity contribution in [2.45, 2.75) is 9.79 Å². The number of nitrogens with zero attached hydrogens (tertiary/aromatic N) is 1. The Hall–Kier alpha value is -3.27. The SMILES string of the molecule is N#Cc1ccccc1Sc1ccccc1C(=O)NCC(=O)Nc1ccc(Cl)cc1. The molecular formula is C22H16ClN3O2S. The molecule has 0 aliphatic carbocycles. The summed E-state index contributed by atoms with van der Waals surface area (Å²) in [6.07, 6.45) is 0. The molecule has 0 aliphatic heterocycles. The first-order chi connectivity index (χ1) is 14.1. The minimum absolute atomic E-state index is 0.171. The number of carbonyl (C=O) groups excluding carboxylic acids is 2. The number of carbonyl (C=O) groups is 2. The fraction of sp³-hybridized carbons (Fsp3) is 0.0455. The molecule has 2 N–H and O–H groups in total. The molecule has 3 aromatic rings. The number of rotatable bonds is 6. The lowest BCUT2D eigenvalue weighted by atomic mass is 10.2. The summed E-state index contributed by atoms with van der Waals surface area (Å²) >= 11 is 7.16. The van der Waals surface area contributed by atoms with Crippen LogP contribution < -0.4 is 10.6 Å². The van der Waals surface area contributed by atoms with Gasteiger partial charge in [0, 0.05) is 20.5 Å². The molecule has 0 fully saturated rings. The normalized spacial score (nSPS) is 10.1. The van der Waals surface area contributed by atoms with Gasteiger partial charge in [-0.05, 0) is 48.5 Å². The zero-order valence-corrected chi connectivity index (χ0v) is 16.8. The highest BCUT2D eigenvalue weighted by molar-refractivity contribution is 7.99. The Morgan fingerprint density at radius 2 is 1.59 bits per heavy atom. The third-order valence-electron chi connectivity index (χ3n) is 3.90. The number of nitriles is 1. The van der Waals surface area contributed by atoms with E-state index in [1.54, 1.807) is 48.5 Å². The highest BCUT2D eigenvalue weighted by atomic mass is 35.5. The fourth-order valence-corrected chi connectivity index (χ4v) is 3.65. The molecular weight excluding hydrogens is 406 g/mol. The van der Waals surface area contributed by atoms with Gasteiger partial charge in [-0.3, -0.25) is 9.59 Å². The Balaban J connectivity index is 1.66. The quantitative estimate of drug-likeness (QED) is 0.602. The van der Waals surface area contributed by atoms with Crippen LogP contribution in [0.15, 0.2) is 82.6 Å². The van der Waals surface area contributed by atoms with Crippen molar-refractivity contribution in [2.24, 2.45) is 0 Å². The minimum atomic E-state index is -0.367. The highest BCUT2D eigenvalue weighted by Crippen LogP contribution is 2.32. The van der Waals surface area contributed by atoms with E-state index in [2.05, 4.69) is 16.7 Å². The van der Waals surface area contributed by atoms with E-state index in [9.17, 15) is 14.9 Å². The summed E-state index contributed by atoms with van der Waals surface area (Å²) in [4.78, 5) is 26.2. The molecule has 144 valence electrons. The van der Waals surface area contributed by atoms with Crippen molar-refractivity contribution in [3.8, 4) is 6.07 Å². The maximum atomic E-state index is 12.6. The number of amides is 2. The predicted octanol–water partition coefficient (Wildman–Crippen LogP) is 4.73. The van der Waals surface area contributed by atoms with Gasteiger partial charge in [0.2, 0.25) is 5.91 Å². The molecule has 0 saturated heterocycles. The number of nitrogens with one attached hydrogen (secondary N) is 2. The molecule has 5 nitrogen and oxygen atoms in total. The second kappa shape index (κ2) is 9.78. The summed E-state index contributed by atoms with van der Waals surface area (Å²) in [5, 5.41) is 15.2. The third kappa shape index (κ3) is 5.61. The molecule has 0 spiro atoms. The molecule has 0 radical (unpaired) electrons. The monoisotopic (exact) mass is 421 g/mol. The number of halogens is 1. The second-order valence-corrected chi connectivity index (χ2v) is 7.46. The smallest absolute Gasteiger partial charge is 0.252 e. The zero-order chi connectivity index (χ0) is 20.6. The third-order valence-corrected chi connectivity index (χ3v) is 5.30. The molecule has 0 aromatic heterocycles. The van der Waals surface area contributed by atoms with Gasteiger partial charge in [0.25, 0.3) is 5.91 Å². The molecule has 3 rings (SSSR count). The summed E-state index contributed by atoms with van der Waals surface area (Å²) in [6.45, 7) is -0.171. The molecule has 0 atom stereocenters. The van der Waals surface area contributed by atoms with Crippen molar-refractivity contribution in [3.05, 3.63) is 88.9 Å². The van der Waals surface area contributed by atoms with Gasteiger partial charge in [-0.15, -0.1) is 0 Å². The minimum Gasteiger partial charge on any atom is -0.343 e. The van der Waals surface area contributed by atoms with Gasteiger partial charge in [-0.2, -0.15) is 5.26 Å². The summed E-state index contributed by atoms with van der Waals surface area (Å²) in [7, 11) is 0. The Morgan fingerprint density at radius 1 is 0.931 bits per heavy atom. The lowest BCUT2D eigenvalue weighted by molar-refractivity contribution is -0.115. The number of anilines is 1. The van der Waals surface area contributed by atoms with Gasteiger partial charge in [-0.1, -0.05) is 47.6 Å². The van der Waals surface area contributed by atoms with E-state index in [1.807, 2.05) is 24.3 Å². The van der Waals surface area contributed by atoms with E-state index in [-0.39, 0.29) is 18.4 Å². The fourth-order valence-electron chi connectivity index (χ4n) is 2.50. The Kier molecular flexibility index (Phi) is 6.90. The van der Waals surface area contributed by atoms with E-state index < -0.39 is 0 Å². The molecule has 0 unspecified atom stereocenters. The van der Waals surface area contributed by atoms with Crippen LogP contribution in [-0.4, -0.2) is 18.4 Å². The van der Waals surface area contributed by atoms with Gasteiger partial charge in [-0.25, -0.2) is 0 Å². The second-order valence-electron chi connectivity index (χ2n) is 5.94. The van der Waals surface area contributed by atoms with Crippen molar-refractivity contribution in [1.29, 1.82) is 5.26 Å². The molecule has 0 heterocycles. The molecule has 0 saturated carbocycles. The Bertz CT molecular complexity index is 1080. The van der Waals surface area contributed by atoms with E-state index >= 15 is 0 Å². The van der Waals surface area contributed by atoms with Crippen molar-refractivity contribution >= 4 is 40.9 Å². The van der Waals surface area contributed by atoms with E-state index in [0.717, 1.165) is 4.90 Å². The predicted molar refractivity (Wildman–Crippen MR) is 114 cm³/mol. The van der Waals surface area contributed by atoms with E-state index in [4.69, 9.17) is 11.6 Å². The van der Waals surface area contributed by atoms with Crippen LogP contribution in [-0.2, 0) is 4.79 Å². The molecule has 7 heteroatoms.